The first-order valence-corrected chi connectivity index (χ1v) is 11.2. The summed E-state index contributed by atoms with van der Waals surface area (Å²) < 4.78 is 27.1. The van der Waals surface area contributed by atoms with Crippen LogP contribution in [0.3, 0.4) is 0 Å². The lowest BCUT2D eigenvalue weighted by Crippen LogP contribution is -2.33. The number of hydrogen-bond acceptors (Lipinski definition) is 6. The van der Waals surface area contributed by atoms with E-state index in [-0.39, 0.29) is 21.7 Å². The maximum absolute atomic E-state index is 12.3. The summed E-state index contributed by atoms with van der Waals surface area (Å²) in [4.78, 5) is 22.4. The van der Waals surface area contributed by atoms with Crippen molar-refractivity contribution in [3.05, 3.63) is 70.3 Å². The summed E-state index contributed by atoms with van der Waals surface area (Å²) in [5, 5.41) is 16.0. The molecule has 2 aromatic carbocycles. The number of rotatable bonds is 8. The Morgan fingerprint density at radius 1 is 1.23 bits per heavy atom. The van der Waals surface area contributed by atoms with Crippen molar-refractivity contribution in [3.63, 3.8) is 0 Å². The number of amides is 1. The fourth-order valence-electron chi connectivity index (χ4n) is 2.36. The van der Waals surface area contributed by atoms with Crippen molar-refractivity contribution in [2.24, 2.45) is 0 Å². The first kappa shape index (κ1) is 24.1. The highest BCUT2D eigenvalue weighted by Crippen LogP contribution is 2.15. The van der Waals surface area contributed by atoms with Gasteiger partial charge in [0.25, 0.3) is 5.69 Å². The van der Waals surface area contributed by atoms with Crippen LogP contribution in [0.2, 0.25) is 0 Å². The van der Waals surface area contributed by atoms with E-state index in [2.05, 4.69) is 15.4 Å². The molecule has 0 aliphatic heterocycles. The number of nitrogens with one attached hydrogen (secondary N) is 3. The topological polar surface area (TPSA) is 130 Å². The Morgan fingerprint density at radius 3 is 2.52 bits per heavy atom. The second kappa shape index (κ2) is 10.8. The predicted molar refractivity (Wildman–Crippen MR) is 123 cm³/mol. The van der Waals surface area contributed by atoms with Gasteiger partial charge in [-0.05, 0) is 61.5 Å². The van der Waals surface area contributed by atoms with Crippen LogP contribution >= 0.6 is 12.2 Å². The molecule has 0 bridgehead atoms. The standard InChI is InChI=1S/C20H22N4O5S2/c1-3-14(2)23-31(28,29)18-10-8-16(9-11-18)21-20(30)22-19(25)12-7-15-5-4-6-17(13-15)24(26)27/h4-14,23H,3H2,1-2H3,(H2,21,22,25,30)/b12-7+. The fourth-order valence-corrected chi connectivity index (χ4v) is 3.91. The largest absolute Gasteiger partial charge is 0.332 e. The number of benzene rings is 2. The second-order valence-electron chi connectivity index (χ2n) is 6.58. The van der Waals surface area contributed by atoms with Crippen LogP contribution in [0.5, 0.6) is 0 Å². The Balaban J connectivity index is 1.94. The summed E-state index contributed by atoms with van der Waals surface area (Å²) in [5.41, 5.74) is 0.908. The summed E-state index contributed by atoms with van der Waals surface area (Å²) >= 11 is 5.08. The van der Waals surface area contributed by atoms with Gasteiger partial charge in [0.15, 0.2) is 5.11 Å². The van der Waals surface area contributed by atoms with Crippen molar-refractivity contribution in [1.82, 2.24) is 10.0 Å². The first-order valence-electron chi connectivity index (χ1n) is 9.27. The SMILES string of the molecule is CCC(C)NS(=O)(=O)c1ccc(NC(=S)NC(=O)/C=C/c2cccc([N+](=O)[O-])c2)cc1. The molecular weight excluding hydrogens is 440 g/mol. The number of nitro benzene ring substituents is 1. The molecule has 0 radical (unpaired) electrons. The molecule has 1 amide bonds. The van der Waals surface area contributed by atoms with Gasteiger partial charge in [-0.2, -0.15) is 0 Å². The smallest absolute Gasteiger partial charge is 0.270 e. The summed E-state index contributed by atoms with van der Waals surface area (Å²) in [6, 6.07) is 11.6. The zero-order valence-corrected chi connectivity index (χ0v) is 18.5. The van der Waals surface area contributed by atoms with E-state index in [1.807, 2.05) is 6.92 Å². The van der Waals surface area contributed by atoms with Gasteiger partial charge in [0.05, 0.1) is 9.82 Å². The highest BCUT2D eigenvalue weighted by Gasteiger charge is 2.16. The number of nitro groups is 1. The zero-order valence-electron chi connectivity index (χ0n) is 16.9. The minimum Gasteiger partial charge on any atom is -0.332 e. The van der Waals surface area contributed by atoms with Crippen LogP contribution in [0, 0.1) is 10.1 Å². The van der Waals surface area contributed by atoms with Crippen molar-refractivity contribution in [1.29, 1.82) is 0 Å². The maximum atomic E-state index is 12.3. The minimum absolute atomic E-state index is 0.0158. The van der Waals surface area contributed by atoms with Crippen molar-refractivity contribution in [3.8, 4) is 0 Å². The van der Waals surface area contributed by atoms with E-state index < -0.39 is 20.9 Å². The molecular formula is C20H22N4O5S2. The van der Waals surface area contributed by atoms with Gasteiger partial charge in [0.2, 0.25) is 15.9 Å². The van der Waals surface area contributed by atoms with E-state index in [0.29, 0.717) is 17.7 Å². The van der Waals surface area contributed by atoms with Crippen LogP contribution in [0.25, 0.3) is 6.08 Å². The number of carbonyl (C=O) groups excluding carboxylic acids is 1. The molecule has 0 heterocycles. The Labute approximate surface area is 185 Å². The summed E-state index contributed by atoms with van der Waals surface area (Å²) in [7, 11) is -3.61. The second-order valence-corrected chi connectivity index (χ2v) is 8.71. The molecule has 0 aliphatic rings. The number of nitrogens with zero attached hydrogens (tertiary/aromatic N) is 1. The number of thiocarbonyl (C=S) groups is 1. The molecule has 0 spiro atoms. The molecule has 164 valence electrons. The molecule has 0 saturated carbocycles. The third-order valence-corrected chi connectivity index (χ3v) is 5.95. The normalized spacial score (nSPS) is 12.3. The zero-order chi connectivity index (χ0) is 23.0. The molecule has 1 unspecified atom stereocenters. The number of non-ortho nitro benzene ring substituents is 1. The lowest BCUT2D eigenvalue weighted by molar-refractivity contribution is -0.384. The average molecular weight is 463 g/mol. The summed E-state index contributed by atoms with van der Waals surface area (Å²) in [6.07, 6.45) is 3.29. The number of carbonyl (C=O) groups is 1. The van der Waals surface area contributed by atoms with Gasteiger partial charge in [-0.25, -0.2) is 13.1 Å². The maximum Gasteiger partial charge on any atom is 0.270 e. The Kier molecular flexibility index (Phi) is 8.37. The van der Waals surface area contributed by atoms with Gasteiger partial charge < -0.3 is 5.32 Å². The van der Waals surface area contributed by atoms with Gasteiger partial charge in [0, 0.05) is 29.9 Å². The van der Waals surface area contributed by atoms with Crippen LogP contribution < -0.4 is 15.4 Å². The van der Waals surface area contributed by atoms with Crippen LogP contribution in [0.4, 0.5) is 11.4 Å². The van der Waals surface area contributed by atoms with Crippen molar-refractivity contribution in [2.45, 2.75) is 31.2 Å². The van der Waals surface area contributed by atoms with Crippen molar-refractivity contribution in [2.75, 3.05) is 5.32 Å². The molecule has 0 saturated heterocycles. The molecule has 3 N–H and O–H groups in total. The third-order valence-electron chi connectivity index (χ3n) is 4.14. The van der Waals surface area contributed by atoms with Crippen LogP contribution in [0.1, 0.15) is 25.8 Å². The molecule has 2 rings (SSSR count). The van der Waals surface area contributed by atoms with Gasteiger partial charge in [0.1, 0.15) is 0 Å². The van der Waals surface area contributed by atoms with Gasteiger partial charge in [-0.3, -0.25) is 20.2 Å². The molecule has 0 aliphatic carbocycles. The van der Waals surface area contributed by atoms with Crippen LogP contribution in [-0.4, -0.2) is 30.4 Å². The Hall–Kier alpha value is -3.15. The highest BCUT2D eigenvalue weighted by atomic mass is 32.2. The molecule has 0 aromatic heterocycles. The van der Waals surface area contributed by atoms with Gasteiger partial charge in [-0.1, -0.05) is 19.1 Å². The monoisotopic (exact) mass is 462 g/mol. The summed E-state index contributed by atoms with van der Waals surface area (Å²) in [5.74, 6) is -0.527. The van der Waals surface area contributed by atoms with E-state index in [1.54, 1.807) is 13.0 Å². The van der Waals surface area contributed by atoms with E-state index in [1.165, 1.54) is 54.6 Å². The van der Waals surface area contributed by atoms with Crippen LogP contribution in [-0.2, 0) is 14.8 Å². The lowest BCUT2D eigenvalue weighted by atomic mass is 10.2. The number of anilines is 1. The van der Waals surface area contributed by atoms with Gasteiger partial charge >= 0.3 is 0 Å². The fraction of sp³-hybridized carbons (Fsp3) is 0.200. The summed E-state index contributed by atoms with van der Waals surface area (Å²) in [6.45, 7) is 3.66. The average Bonchev–Trinajstić information content (AvgIpc) is 2.72. The van der Waals surface area contributed by atoms with Crippen LogP contribution in [0.15, 0.2) is 59.5 Å². The quantitative estimate of drug-likeness (QED) is 0.238. The Bertz CT molecular complexity index is 1100. The molecule has 9 nitrogen and oxygen atoms in total. The molecule has 2 aromatic rings. The predicted octanol–water partition coefficient (Wildman–Crippen LogP) is 3.20. The Morgan fingerprint density at radius 2 is 1.90 bits per heavy atom. The highest BCUT2D eigenvalue weighted by molar-refractivity contribution is 7.89. The molecule has 0 fully saturated rings. The van der Waals surface area contributed by atoms with Crippen molar-refractivity contribution >= 4 is 50.7 Å². The molecule has 31 heavy (non-hydrogen) atoms. The van der Waals surface area contributed by atoms with Gasteiger partial charge in [-0.15, -0.1) is 0 Å². The van der Waals surface area contributed by atoms with E-state index >= 15 is 0 Å². The lowest BCUT2D eigenvalue weighted by Gasteiger charge is -2.13. The molecule has 11 heteroatoms. The first-order chi connectivity index (χ1) is 14.6. The number of sulfonamides is 1. The minimum atomic E-state index is -3.61. The molecule has 1 atom stereocenters. The van der Waals surface area contributed by atoms with E-state index in [9.17, 15) is 23.3 Å². The van der Waals surface area contributed by atoms with Crippen molar-refractivity contribution < 1.29 is 18.1 Å². The van der Waals surface area contributed by atoms with E-state index in [0.717, 1.165) is 0 Å². The van der Waals surface area contributed by atoms with E-state index in [4.69, 9.17) is 12.2 Å². The number of hydrogen-bond donors (Lipinski definition) is 3. The third kappa shape index (κ3) is 7.55.